The van der Waals surface area contributed by atoms with Crippen molar-refractivity contribution in [1.29, 1.82) is 0 Å². The maximum Gasteiger partial charge on any atom is 0.407 e. The second kappa shape index (κ2) is 10.8. The molecule has 1 aromatic rings. The molecule has 25 heavy (non-hydrogen) atoms. The van der Waals surface area contributed by atoms with Gasteiger partial charge in [0.2, 0.25) is 5.91 Å². The molecule has 0 aliphatic rings. The lowest BCUT2D eigenvalue weighted by Crippen LogP contribution is -2.33. The largest absolute Gasteiger partial charge is 0.490 e. The van der Waals surface area contributed by atoms with Crippen molar-refractivity contribution in [3.63, 3.8) is 0 Å². The number of ether oxygens (including phenoxy) is 2. The number of hydrogen-bond donors (Lipinski definition) is 2. The first-order valence-corrected chi connectivity index (χ1v) is 9.39. The number of aromatic nitrogens is 1. The monoisotopic (exact) mass is 369 g/mol. The number of alkyl carbamates (subject to hydrolysis) is 1. The van der Waals surface area contributed by atoms with Gasteiger partial charge in [0.05, 0.1) is 12.4 Å². The summed E-state index contributed by atoms with van der Waals surface area (Å²) in [5, 5.41) is 5.39. The molecular weight excluding hydrogens is 342 g/mol. The highest BCUT2D eigenvalue weighted by Crippen LogP contribution is 2.21. The molecule has 0 aliphatic heterocycles. The van der Waals surface area contributed by atoms with Crippen LogP contribution in [0.3, 0.4) is 0 Å². The van der Waals surface area contributed by atoms with Crippen molar-refractivity contribution in [1.82, 2.24) is 10.3 Å². The average Bonchev–Trinajstić information content (AvgIpc) is 2.52. The Kier molecular flexibility index (Phi) is 9.12. The number of rotatable bonds is 9. The normalized spacial score (nSPS) is 10.9. The summed E-state index contributed by atoms with van der Waals surface area (Å²) >= 11 is 1.41. The number of amides is 2. The molecule has 0 aliphatic carbocycles. The highest BCUT2D eigenvalue weighted by Gasteiger charge is 2.15. The van der Waals surface area contributed by atoms with Gasteiger partial charge in [0.1, 0.15) is 5.60 Å². The van der Waals surface area contributed by atoms with Crippen LogP contribution >= 0.6 is 11.8 Å². The summed E-state index contributed by atoms with van der Waals surface area (Å²) in [6.07, 6.45) is 2.03. The van der Waals surface area contributed by atoms with Gasteiger partial charge in [0, 0.05) is 18.5 Å². The fourth-order valence-electron chi connectivity index (χ4n) is 1.69. The summed E-state index contributed by atoms with van der Waals surface area (Å²) in [5.41, 5.74) is -0.517. The van der Waals surface area contributed by atoms with Gasteiger partial charge in [-0.2, -0.15) is 11.8 Å². The van der Waals surface area contributed by atoms with Gasteiger partial charge in [0.15, 0.2) is 11.6 Å². The van der Waals surface area contributed by atoms with Crippen molar-refractivity contribution in [3.8, 4) is 5.75 Å². The van der Waals surface area contributed by atoms with Gasteiger partial charge in [-0.1, -0.05) is 6.92 Å². The van der Waals surface area contributed by atoms with Gasteiger partial charge in [0.25, 0.3) is 0 Å². The van der Waals surface area contributed by atoms with Crippen molar-refractivity contribution in [3.05, 3.63) is 18.3 Å². The molecule has 2 N–H and O–H groups in total. The lowest BCUT2D eigenvalue weighted by atomic mass is 10.2. The number of nitrogens with one attached hydrogen (secondary N) is 2. The number of carbonyl (C=O) groups excluding carboxylic acids is 2. The molecule has 0 aromatic carbocycles. The number of carbonyl (C=O) groups is 2. The van der Waals surface area contributed by atoms with Crippen LogP contribution in [-0.2, 0) is 9.53 Å². The Hall–Kier alpha value is -1.96. The van der Waals surface area contributed by atoms with Crippen LogP contribution in [0.5, 0.6) is 5.75 Å². The quantitative estimate of drug-likeness (QED) is 0.650. The van der Waals surface area contributed by atoms with E-state index in [1.807, 2.05) is 27.7 Å². The van der Waals surface area contributed by atoms with Crippen LogP contribution in [0.4, 0.5) is 10.6 Å². The van der Waals surface area contributed by atoms with Crippen molar-refractivity contribution < 1.29 is 19.1 Å². The third-order valence-electron chi connectivity index (χ3n) is 2.64. The third-order valence-corrected chi connectivity index (χ3v) is 3.60. The zero-order valence-electron chi connectivity index (χ0n) is 15.3. The van der Waals surface area contributed by atoms with Crippen LogP contribution in [0.25, 0.3) is 0 Å². The SMILES string of the molecule is CCCOc1cccnc1NC(=O)CSCCNC(=O)OC(C)(C)C. The Morgan fingerprint density at radius 3 is 2.76 bits per heavy atom. The molecule has 7 nitrogen and oxygen atoms in total. The van der Waals surface area contributed by atoms with Crippen LogP contribution < -0.4 is 15.4 Å². The van der Waals surface area contributed by atoms with E-state index in [4.69, 9.17) is 9.47 Å². The van der Waals surface area contributed by atoms with E-state index in [0.717, 1.165) is 6.42 Å². The second-order valence-electron chi connectivity index (χ2n) is 6.23. The summed E-state index contributed by atoms with van der Waals surface area (Å²) in [5.74, 6) is 1.69. The topological polar surface area (TPSA) is 89.5 Å². The number of nitrogens with zero attached hydrogens (tertiary/aromatic N) is 1. The highest BCUT2D eigenvalue weighted by atomic mass is 32.2. The van der Waals surface area contributed by atoms with Crippen molar-refractivity contribution in [2.75, 3.05) is 30.0 Å². The summed E-state index contributed by atoms with van der Waals surface area (Å²) in [6.45, 7) is 8.43. The van der Waals surface area contributed by atoms with E-state index in [2.05, 4.69) is 15.6 Å². The third kappa shape index (κ3) is 9.81. The molecule has 0 unspecified atom stereocenters. The van der Waals surface area contributed by atoms with Gasteiger partial charge in [-0.15, -0.1) is 0 Å². The maximum absolute atomic E-state index is 12.0. The average molecular weight is 369 g/mol. The molecule has 0 saturated heterocycles. The Balaban J connectivity index is 2.26. The fraction of sp³-hybridized carbons (Fsp3) is 0.588. The zero-order chi connectivity index (χ0) is 18.7. The van der Waals surface area contributed by atoms with E-state index in [-0.39, 0.29) is 11.7 Å². The molecule has 0 bridgehead atoms. The molecule has 8 heteroatoms. The van der Waals surface area contributed by atoms with E-state index in [1.165, 1.54) is 11.8 Å². The zero-order valence-corrected chi connectivity index (χ0v) is 16.1. The minimum Gasteiger partial charge on any atom is -0.490 e. The molecular formula is C17H27N3O4S. The molecule has 0 fully saturated rings. The van der Waals surface area contributed by atoms with Crippen LogP contribution in [0.2, 0.25) is 0 Å². The van der Waals surface area contributed by atoms with Gasteiger partial charge >= 0.3 is 6.09 Å². The van der Waals surface area contributed by atoms with Gasteiger partial charge in [-0.3, -0.25) is 4.79 Å². The molecule has 1 rings (SSSR count). The Bertz CT molecular complexity index is 561. The van der Waals surface area contributed by atoms with Crippen LogP contribution in [-0.4, -0.2) is 47.2 Å². The van der Waals surface area contributed by atoms with Crippen molar-refractivity contribution in [2.45, 2.75) is 39.7 Å². The Labute approximate surface area is 153 Å². The summed E-state index contributed by atoms with van der Waals surface area (Å²) < 4.78 is 10.7. The number of anilines is 1. The second-order valence-corrected chi connectivity index (χ2v) is 7.33. The van der Waals surface area contributed by atoms with E-state index in [1.54, 1.807) is 18.3 Å². The standard InChI is InChI=1S/C17H27N3O4S/c1-5-10-23-13-7-6-8-18-15(13)20-14(21)12-25-11-9-19-16(22)24-17(2,3)4/h6-8H,5,9-12H2,1-4H3,(H,19,22)(H,18,20,21). The number of pyridine rings is 1. The summed E-state index contributed by atoms with van der Waals surface area (Å²) in [6, 6.07) is 3.54. The summed E-state index contributed by atoms with van der Waals surface area (Å²) in [7, 11) is 0. The minimum absolute atomic E-state index is 0.165. The molecule has 0 spiro atoms. The molecule has 0 radical (unpaired) electrons. The van der Waals surface area contributed by atoms with E-state index in [9.17, 15) is 9.59 Å². The van der Waals surface area contributed by atoms with E-state index < -0.39 is 11.7 Å². The maximum atomic E-state index is 12.0. The van der Waals surface area contributed by atoms with Crippen molar-refractivity contribution >= 4 is 29.6 Å². The highest BCUT2D eigenvalue weighted by molar-refractivity contribution is 7.99. The smallest absolute Gasteiger partial charge is 0.407 e. The van der Waals surface area contributed by atoms with Crippen LogP contribution in [0.15, 0.2) is 18.3 Å². The van der Waals surface area contributed by atoms with Crippen molar-refractivity contribution in [2.24, 2.45) is 0 Å². The van der Waals surface area contributed by atoms with Gasteiger partial charge in [-0.25, -0.2) is 9.78 Å². The first-order valence-electron chi connectivity index (χ1n) is 8.24. The van der Waals surface area contributed by atoms with Gasteiger partial charge in [-0.05, 0) is 39.3 Å². The minimum atomic E-state index is -0.517. The number of thioether (sulfide) groups is 1. The Morgan fingerprint density at radius 2 is 2.08 bits per heavy atom. The molecule has 2 amide bonds. The molecule has 0 saturated carbocycles. The molecule has 140 valence electrons. The predicted octanol–water partition coefficient (Wildman–Crippen LogP) is 3.07. The van der Waals surface area contributed by atoms with Gasteiger partial charge < -0.3 is 20.1 Å². The molecule has 1 heterocycles. The first kappa shape index (κ1) is 21.1. The van der Waals surface area contributed by atoms with Crippen LogP contribution in [0, 0.1) is 0 Å². The molecule has 0 atom stereocenters. The lowest BCUT2D eigenvalue weighted by molar-refractivity contribution is -0.113. The van der Waals surface area contributed by atoms with E-state index in [0.29, 0.717) is 30.5 Å². The molecule has 1 aromatic heterocycles. The van der Waals surface area contributed by atoms with Crippen LogP contribution in [0.1, 0.15) is 34.1 Å². The fourth-order valence-corrected chi connectivity index (χ4v) is 2.33. The van der Waals surface area contributed by atoms with E-state index >= 15 is 0 Å². The Morgan fingerprint density at radius 1 is 1.32 bits per heavy atom. The number of hydrogen-bond acceptors (Lipinski definition) is 6. The lowest BCUT2D eigenvalue weighted by Gasteiger charge is -2.19. The summed E-state index contributed by atoms with van der Waals surface area (Å²) in [4.78, 5) is 27.6. The first-order chi connectivity index (χ1) is 11.8. The predicted molar refractivity (Wildman–Crippen MR) is 100 cm³/mol.